The minimum atomic E-state index is -0.400. The molecule has 0 radical (unpaired) electrons. The van der Waals surface area contributed by atoms with Gasteiger partial charge in [0, 0.05) is 5.02 Å². The Labute approximate surface area is 171 Å². The van der Waals surface area contributed by atoms with Crippen LogP contribution in [0.4, 0.5) is 5.95 Å². The molecule has 0 aliphatic carbocycles. The first kappa shape index (κ1) is 18.8. The number of ether oxygens (including phenoxy) is 1. The van der Waals surface area contributed by atoms with E-state index in [0.29, 0.717) is 28.8 Å². The lowest BCUT2D eigenvalue weighted by atomic mass is 10.3. The fourth-order valence-corrected chi connectivity index (χ4v) is 2.72. The molecule has 0 fully saturated rings. The molecule has 0 amide bonds. The summed E-state index contributed by atoms with van der Waals surface area (Å²) in [6.45, 7) is 1.98. The van der Waals surface area contributed by atoms with E-state index in [1.54, 1.807) is 36.4 Å². The lowest BCUT2D eigenvalue weighted by Gasteiger charge is -2.08. The largest absolute Gasteiger partial charge is 0.484 e. The Morgan fingerprint density at radius 3 is 2.72 bits per heavy atom. The van der Waals surface area contributed by atoms with Crippen molar-refractivity contribution in [1.82, 2.24) is 14.8 Å². The molecular weight excluding hydrogens is 396 g/mol. The maximum Gasteiger partial charge on any atom is 0.287 e. The third-order valence-electron chi connectivity index (χ3n) is 3.98. The fraction of sp³-hybridized carbons (Fsp3) is 0.150. The van der Waals surface area contributed by atoms with Crippen LogP contribution < -0.4 is 10.1 Å². The molecular formula is C20H17ClN4O4. The normalized spacial score (nSPS) is 10.8. The molecule has 3 heterocycles. The molecule has 148 valence electrons. The van der Waals surface area contributed by atoms with Crippen LogP contribution in [0.15, 0.2) is 63.6 Å². The van der Waals surface area contributed by atoms with Gasteiger partial charge in [-0.3, -0.25) is 4.79 Å². The molecule has 29 heavy (non-hydrogen) atoms. The van der Waals surface area contributed by atoms with Gasteiger partial charge in [-0.2, -0.15) is 9.67 Å². The summed E-state index contributed by atoms with van der Waals surface area (Å²) in [6, 6.07) is 13.9. The summed E-state index contributed by atoms with van der Waals surface area (Å²) in [7, 11) is 0. The summed E-state index contributed by atoms with van der Waals surface area (Å²) in [4.78, 5) is 17.1. The highest BCUT2D eigenvalue weighted by Crippen LogP contribution is 2.20. The lowest BCUT2D eigenvalue weighted by Crippen LogP contribution is -2.22. The second-order valence-corrected chi connectivity index (χ2v) is 6.59. The minimum absolute atomic E-state index is 0.225. The summed E-state index contributed by atoms with van der Waals surface area (Å²) in [5, 5.41) is 7.92. The van der Waals surface area contributed by atoms with Gasteiger partial charge in [-0.05, 0) is 55.5 Å². The van der Waals surface area contributed by atoms with E-state index in [1.807, 2.05) is 19.1 Å². The van der Waals surface area contributed by atoms with Gasteiger partial charge in [-0.25, -0.2) is 0 Å². The molecule has 4 rings (SSSR count). The van der Waals surface area contributed by atoms with Gasteiger partial charge < -0.3 is 18.9 Å². The van der Waals surface area contributed by atoms with Crippen LogP contribution in [-0.4, -0.2) is 27.3 Å². The first-order chi connectivity index (χ1) is 14.1. The van der Waals surface area contributed by atoms with Gasteiger partial charge in [-0.15, -0.1) is 5.10 Å². The number of hydrogen-bond donors (Lipinski definition) is 1. The second kappa shape index (κ2) is 8.24. The molecule has 8 nitrogen and oxygen atoms in total. The average Bonchev–Trinajstić information content (AvgIpc) is 3.46. The van der Waals surface area contributed by atoms with Crippen molar-refractivity contribution in [2.24, 2.45) is 0 Å². The highest BCUT2D eigenvalue weighted by atomic mass is 35.5. The third-order valence-corrected chi connectivity index (χ3v) is 4.23. The van der Waals surface area contributed by atoms with Crippen LogP contribution in [0.5, 0.6) is 5.75 Å². The minimum Gasteiger partial charge on any atom is -0.484 e. The van der Waals surface area contributed by atoms with Crippen molar-refractivity contribution in [1.29, 1.82) is 0 Å². The van der Waals surface area contributed by atoms with Crippen molar-refractivity contribution in [3.05, 3.63) is 71.3 Å². The molecule has 0 saturated carbocycles. The standard InChI is InChI=1S/C20H17ClN4O4/c1-13-4-7-16(29-13)11-22-20-23-19(17-3-2-10-27-17)24-25(20)18(26)12-28-15-8-5-14(21)6-9-15/h2-10H,11-12H2,1H3,(H,22,23,24). The lowest BCUT2D eigenvalue weighted by molar-refractivity contribution is 0.0824. The zero-order chi connectivity index (χ0) is 20.2. The van der Waals surface area contributed by atoms with E-state index < -0.39 is 5.91 Å². The topological polar surface area (TPSA) is 95.3 Å². The van der Waals surface area contributed by atoms with Gasteiger partial charge in [0.15, 0.2) is 12.4 Å². The molecule has 1 N–H and O–H groups in total. The maximum absolute atomic E-state index is 12.7. The SMILES string of the molecule is Cc1ccc(CNc2nc(-c3ccco3)nn2C(=O)COc2ccc(Cl)cc2)o1. The summed E-state index contributed by atoms with van der Waals surface area (Å²) >= 11 is 5.86. The summed E-state index contributed by atoms with van der Waals surface area (Å²) in [6.07, 6.45) is 1.51. The van der Waals surface area contributed by atoms with E-state index >= 15 is 0 Å². The van der Waals surface area contributed by atoms with E-state index in [9.17, 15) is 4.79 Å². The van der Waals surface area contributed by atoms with E-state index in [4.69, 9.17) is 25.2 Å². The number of nitrogens with one attached hydrogen (secondary N) is 1. The van der Waals surface area contributed by atoms with E-state index in [1.165, 1.54) is 6.26 Å². The highest BCUT2D eigenvalue weighted by Gasteiger charge is 2.19. The summed E-state index contributed by atoms with van der Waals surface area (Å²) in [5.74, 6) is 2.63. The molecule has 0 aliphatic rings. The van der Waals surface area contributed by atoms with E-state index in [-0.39, 0.29) is 18.4 Å². The van der Waals surface area contributed by atoms with E-state index in [0.717, 1.165) is 10.4 Å². The maximum atomic E-state index is 12.7. The number of carbonyl (C=O) groups excluding carboxylic acids is 1. The van der Waals surface area contributed by atoms with Crippen LogP contribution in [-0.2, 0) is 6.54 Å². The van der Waals surface area contributed by atoms with Crippen LogP contribution in [0.1, 0.15) is 16.3 Å². The Kier molecular flexibility index (Phi) is 5.35. The molecule has 0 atom stereocenters. The Hall–Kier alpha value is -3.52. The monoisotopic (exact) mass is 412 g/mol. The molecule has 4 aromatic rings. The fourth-order valence-electron chi connectivity index (χ4n) is 2.59. The molecule has 0 bridgehead atoms. The van der Waals surface area contributed by atoms with Crippen molar-refractivity contribution >= 4 is 23.5 Å². The van der Waals surface area contributed by atoms with Gasteiger partial charge in [0.1, 0.15) is 17.3 Å². The highest BCUT2D eigenvalue weighted by molar-refractivity contribution is 6.30. The van der Waals surface area contributed by atoms with Crippen molar-refractivity contribution < 1.29 is 18.4 Å². The van der Waals surface area contributed by atoms with Crippen molar-refractivity contribution in [3.63, 3.8) is 0 Å². The number of benzene rings is 1. The molecule has 0 saturated heterocycles. The van der Waals surface area contributed by atoms with Crippen LogP contribution in [0.3, 0.4) is 0 Å². The van der Waals surface area contributed by atoms with Crippen LogP contribution in [0.2, 0.25) is 5.02 Å². The summed E-state index contributed by atoms with van der Waals surface area (Å²) in [5.41, 5.74) is 0. The first-order valence-corrected chi connectivity index (χ1v) is 9.18. The smallest absolute Gasteiger partial charge is 0.287 e. The van der Waals surface area contributed by atoms with Gasteiger partial charge in [0.25, 0.3) is 5.91 Å². The first-order valence-electron chi connectivity index (χ1n) is 8.80. The third kappa shape index (κ3) is 4.49. The van der Waals surface area contributed by atoms with Gasteiger partial charge in [0.05, 0.1) is 12.8 Å². The summed E-state index contributed by atoms with van der Waals surface area (Å²) < 4.78 is 17.6. The number of carbonyl (C=O) groups is 1. The second-order valence-electron chi connectivity index (χ2n) is 6.15. The number of rotatable bonds is 7. The Morgan fingerprint density at radius 2 is 2.03 bits per heavy atom. The molecule has 0 aliphatic heterocycles. The molecule has 9 heteroatoms. The number of halogens is 1. The number of aromatic nitrogens is 3. The number of hydrogen-bond acceptors (Lipinski definition) is 7. The van der Waals surface area contributed by atoms with E-state index in [2.05, 4.69) is 15.4 Å². The zero-order valence-corrected chi connectivity index (χ0v) is 16.2. The number of anilines is 1. The number of aryl methyl sites for hydroxylation is 1. The van der Waals surface area contributed by atoms with Crippen LogP contribution in [0, 0.1) is 6.92 Å². The predicted molar refractivity (Wildman–Crippen MR) is 106 cm³/mol. The molecule has 0 spiro atoms. The Bertz CT molecular complexity index is 1100. The Morgan fingerprint density at radius 1 is 1.21 bits per heavy atom. The number of furan rings is 2. The zero-order valence-electron chi connectivity index (χ0n) is 15.5. The molecule has 0 unspecified atom stereocenters. The van der Waals surface area contributed by atoms with Crippen molar-refractivity contribution in [2.45, 2.75) is 13.5 Å². The average molecular weight is 413 g/mol. The van der Waals surface area contributed by atoms with Crippen molar-refractivity contribution in [2.75, 3.05) is 11.9 Å². The number of nitrogens with zero attached hydrogens (tertiary/aromatic N) is 3. The van der Waals surface area contributed by atoms with Gasteiger partial charge in [0.2, 0.25) is 11.8 Å². The molecule has 3 aromatic heterocycles. The van der Waals surface area contributed by atoms with Crippen LogP contribution in [0.25, 0.3) is 11.6 Å². The van der Waals surface area contributed by atoms with Crippen molar-refractivity contribution in [3.8, 4) is 17.3 Å². The molecule has 1 aromatic carbocycles. The van der Waals surface area contributed by atoms with Crippen LogP contribution >= 0.6 is 11.6 Å². The van der Waals surface area contributed by atoms with Gasteiger partial charge >= 0.3 is 0 Å². The quantitative estimate of drug-likeness (QED) is 0.479. The Balaban J connectivity index is 1.52. The predicted octanol–water partition coefficient (Wildman–Crippen LogP) is 4.42. The van der Waals surface area contributed by atoms with Gasteiger partial charge in [-0.1, -0.05) is 11.6 Å².